The van der Waals surface area contributed by atoms with Crippen LogP contribution in [-0.2, 0) is 0 Å². The van der Waals surface area contributed by atoms with E-state index in [1.807, 2.05) is 0 Å². The number of nitrogens with one attached hydrogen (secondary N) is 2. The molecule has 2 rings (SSSR count). The molecule has 0 fully saturated rings. The van der Waals surface area contributed by atoms with Gasteiger partial charge in [0.2, 0.25) is 5.56 Å². The van der Waals surface area contributed by atoms with Crippen molar-refractivity contribution in [3.05, 3.63) is 58.1 Å². The molecule has 0 aliphatic rings. The number of aromatic amines is 1. The van der Waals surface area contributed by atoms with Gasteiger partial charge in [-0.05, 0) is 18.2 Å². The van der Waals surface area contributed by atoms with Crippen LogP contribution in [0.15, 0.2) is 41.3 Å². The van der Waals surface area contributed by atoms with E-state index >= 15 is 0 Å². The fourth-order valence-corrected chi connectivity index (χ4v) is 1.40. The lowest BCUT2D eigenvalue weighted by Gasteiger charge is -2.04. The van der Waals surface area contributed by atoms with Crippen LogP contribution < -0.4 is 10.9 Å². The Morgan fingerprint density at radius 1 is 1.26 bits per heavy atom. The maximum atomic E-state index is 11.8. The highest BCUT2D eigenvalue weighted by molar-refractivity contribution is 6.03. The summed E-state index contributed by atoms with van der Waals surface area (Å²) in [7, 11) is 0. The molecule has 3 N–H and O–H groups in total. The van der Waals surface area contributed by atoms with Crippen molar-refractivity contribution in [2.45, 2.75) is 0 Å². The number of carbonyl (C=O) groups is 2. The highest BCUT2D eigenvalue weighted by Gasteiger charge is 2.09. The molecular weight excluding hydrogens is 250 g/mol. The Bertz CT molecular complexity index is 693. The topological polar surface area (TPSA) is 112 Å². The molecule has 0 aromatic carbocycles. The predicted octanol–water partition coefficient (Wildman–Crippen LogP) is 0.720. The number of carboxylic acid groups (broad SMARTS) is 1. The van der Waals surface area contributed by atoms with Gasteiger partial charge in [-0.25, -0.2) is 9.78 Å². The van der Waals surface area contributed by atoms with E-state index in [2.05, 4.69) is 15.3 Å². The predicted molar refractivity (Wildman–Crippen MR) is 66.2 cm³/mol. The highest BCUT2D eigenvalue weighted by atomic mass is 16.4. The Morgan fingerprint density at radius 2 is 2.05 bits per heavy atom. The average Bonchev–Trinajstić information content (AvgIpc) is 2.39. The summed E-state index contributed by atoms with van der Waals surface area (Å²) in [6, 6.07) is 6.79. The van der Waals surface area contributed by atoms with Crippen LogP contribution in [0.4, 0.5) is 5.82 Å². The van der Waals surface area contributed by atoms with Gasteiger partial charge in [0.1, 0.15) is 5.82 Å². The molecule has 7 nitrogen and oxygen atoms in total. The maximum absolute atomic E-state index is 11.8. The summed E-state index contributed by atoms with van der Waals surface area (Å²) >= 11 is 0. The van der Waals surface area contributed by atoms with Crippen molar-refractivity contribution in [2.75, 3.05) is 5.32 Å². The zero-order valence-electron chi connectivity index (χ0n) is 9.58. The summed E-state index contributed by atoms with van der Waals surface area (Å²) in [6.07, 6.45) is 1.35. The van der Waals surface area contributed by atoms with Crippen LogP contribution >= 0.6 is 0 Å². The number of aromatic nitrogens is 2. The summed E-state index contributed by atoms with van der Waals surface area (Å²) in [5, 5.41) is 11.2. The molecule has 0 spiro atoms. The quantitative estimate of drug-likeness (QED) is 0.751. The van der Waals surface area contributed by atoms with Crippen molar-refractivity contribution in [2.24, 2.45) is 0 Å². The van der Waals surface area contributed by atoms with Gasteiger partial charge in [0.05, 0.1) is 0 Å². The second-order valence-corrected chi connectivity index (χ2v) is 3.61. The molecule has 0 atom stereocenters. The third-order valence-corrected chi connectivity index (χ3v) is 2.25. The van der Waals surface area contributed by atoms with Crippen LogP contribution in [-0.4, -0.2) is 27.0 Å². The van der Waals surface area contributed by atoms with Crippen molar-refractivity contribution in [1.29, 1.82) is 0 Å². The molecule has 2 aromatic rings. The average molecular weight is 259 g/mol. The fourth-order valence-electron chi connectivity index (χ4n) is 1.40. The number of H-pyrrole nitrogens is 1. The van der Waals surface area contributed by atoms with Gasteiger partial charge in [-0.3, -0.25) is 9.59 Å². The van der Waals surface area contributed by atoms with Gasteiger partial charge < -0.3 is 15.4 Å². The molecule has 1 amide bonds. The number of aromatic carboxylic acids is 1. The van der Waals surface area contributed by atoms with Crippen molar-refractivity contribution in [3.63, 3.8) is 0 Å². The van der Waals surface area contributed by atoms with Crippen molar-refractivity contribution < 1.29 is 14.7 Å². The van der Waals surface area contributed by atoms with Crippen molar-refractivity contribution >= 4 is 17.7 Å². The number of carbonyl (C=O) groups excluding carboxylic acids is 1. The number of hydrogen-bond donors (Lipinski definition) is 3. The first kappa shape index (κ1) is 12.5. The van der Waals surface area contributed by atoms with Gasteiger partial charge in [-0.1, -0.05) is 6.07 Å². The SMILES string of the molecule is O=C(Nc1cccc(C(=O)O)n1)c1cc[nH]c(=O)c1. The Hall–Kier alpha value is -2.96. The first-order valence-corrected chi connectivity index (χ1v) is 5.27. The first-order chi connectivity index (χ1) is 9.06. The summed E-state index contributed by atoms with van der Waals surface area (Å²) in [4.78, 5) is 39.7. The van der Waals surface area contributed by atoms with Gasteiger partial charge in [0, 0.05) is 17.8 Å². The van der Waals surface area contributed by atoms with Crippen molar-refractivity contribution in [1.82, 2.24) is 9.97 Å². The van der Waals surface area contributed by atoms with Gasteiger partial charge in [0.25, 0.3) is 5.91 Å². The summed E-state index contributed by atoms with van der Waals surface area (Å²) in [6.45, 7) is 0. The van der Waals surface area contributed by atoms with Crippen LogP contribution in [0.5, 0.6) is 0 Å². The third-order valence-electron chi connectivity index (χ3n) is 2.25. The Labute approximate surface area is 106 Å². The zero-order valence-corrected chi connectivity index (χ0v) is 9.58. The Balaban J connectivity index is 2.22. The first-order valence-electron chi connectivity index (χ1n) is 5.27. The van der Waals surface area contributed by atoms with Crippen molar-refractivity contribution in [3.8, 4) is 0 Å². The smallest absolute Gasteiger partial charge is 0.354 e. The molecule has 2 aromatic heterocycles. The zero-order chi connectivity index (χ0) is 13.8. The van der Waals surface area contributed by atoms with Crippen LogP contribution in [0.25, 0.3) is 0 Å². The minimum atomic E-state index is -1.19. The van der Waals surface area contributed by atoms with E-state index < -0.39 is 17.4 Å². The number of nitrogens with zero attached hydrogens (tertiary/aromatic N) is 1. The standard InChI is InChI=1S/C12H9N3O4/c16-10-6-7(4-5-13-10)11(17)15-9-3-1-2-8(14-9)12(18)19/h1-6H,(H,13,16)(H,18,19)(H,14,15,17). The number of hydrogen-bond acceptors (Lipinski definition) is 4. The van der Waals surface area contributed by atoms with Crippen LogP contribution in [0.3, 0.4) is 0 Å². The number of carboxylic acids is 1. The molecule has 96 valence electrons. The van der Waals surface area contributed by atoms with E-state index in [1.54, 1.807) is 0 Å². The summed E-state index contributed by atoms with van der Waals surface area (Å²) in [5.74, 6) is -1.63. The van der Waals surface area contributed by atoms with E-state index in [0.29, 0.717) is 0 Å². The molecule has 0 saturated carbocycles. The second kappa shape index (κ2) is 5.13. The number of pyridine rings is 2. The van der Waals surface area contributed by atoms with Crippen LogP contribution in [0, 0.1) is 0 Å². The normalized spacial score (nSPS) is 9.89. The molecule has 0 radical (unpaired) electrons. The van der Waals surface area contributed by atoms with Gasteiger partial charge >= 0.3 is 5.97 Å². The minimum absolute atomic E-state index is 0.102. The lowest BCUT2D eigenvalue weighted by atomic mass is 10.2. The third kappa shape index (κ3) is 3.03. The molecule has 0 aliphatic carbocycles. The fraction of sp³-hybridized carbons (Fsp3) is 0. The monoisotopic (exact) mass is 259 g/mol. The van der Waals surface area contributed by atoms with E-state index in [1.165, 1.54) is 30.5 Å². The summed E-state index contributed by atoms with van der Waals surface area (Å²) in [5.41, 5.74) is -0.421. The van der Waals surface area contributed by atoms with E-state index in [9.17, 15) is 14.4 Å². The van der Waals surface area contributed by atoms with Crippen LogP contribution in [0.2, 0.25) is 0 Å². The minimum Gasteiger partial charge on any atom is -0.477 e. The number of amides is 1. The largest absolute Gasteiger partial charge is 0.477 e. The van der Waals surface area contributed by atoms with E-state index in [4.69, 9.17) is 5.11 Å². The highest BCUT2D eigenvalue weighted by Crippen LogP contribution is 2.07. The second-order valence-electron chi connectivity index (χ2n) is 3.61. The molecule has 7 heteroatoms. The molecule has 0 aliphatic heterocycles. The summed E-state index contributed by atoms with van der Waals surface area (Å²) < 4.78 is 0. The molecule has 19 heavy (non-hydrogen) atoms. The Kier molecular flexibility index (Phi) is 3.37. The molecule has 0 unspecified atom stereocenters. The van der Waals surface area contributed by atoms with E-state index in [-0.39, 0.29) is 17.1 Å². The molecule has 2 heterocycles. The lowest BCUT2D eigenvalue weighted by molar-refractivity contribution is 0.0690. The number of anilines is 1. The van der Waals surface area contributed by atoms with Gasteiger partial charge in [-0.2, -0.15) is 0 Å². The lowest BCUT2D eigenvalue weighted by Crippen LogP contribution is -2.16. The molecule has 0 saturated heterocycles. The maximum Gasteiger partial charge on any atom is 0.354 e. The Morgan fingerprint density at radius 3 is 2.74 bits per heavy atom. The van der Waals surface area contributed by atoms with Crippen LogP contribution in [0.1, 0.15) is 20.8 Å². The van der Waals surface area contributed by atoms with E-state index in [0.717, 1.165) is 6.07 Å². The number of rotatable bonds is 3. The van der Waals surface area contributed by atoms with Gasteiger partial charge in [0.15, 0.2) is 5.69 Å². The van der Waals surface area contributed by atoms with Gasteiger partial charge in [-0.15, -0.1) is 0 Å². The molecular formula is C12H9N3O4. The molecule has 0 bridgehead atoms.